The second kappa shape index (κ2) is 9.67. The molecule has 0 spiro atoms. The lowest BCUT2D eigenvalue weighted by molar-refractivity contribution is -0.118. The van der Waals surface area contributed by atoms with Crippen LogP contribution in [0.4, 0.5) is 5.69 Å². The molecule has 0 aliphatic heterocycles. The van der Waals surface area contributed by atoms with Crippen LogP contribution in [0.25, 0.3) is 0 Å². The molecule has 7 nitrogen and oxygen atoms in total. The minimum absolute atomic E-state index is 0.0733. The average molecular weight is 418 g/mol. The van der Waals surface area contributed by atoms with Crippen molar-refractivity contribution >= 4 is 27.5 Å². The summed E-state index contributed by atoms with van der Waals surface area (Å²) in [6, 6.07) is 11.6. The molecule has 29 heavy (non-hydrogen) atoms. The van der Waals surface area contributed by atoms with Gasteiger partial charge in [-0.05, 0) is 49.7 Å². The summed E-state index contributed by atoms with van der Waals surface area (Å²) in [5, 5.41) is 5.42. The van der Waals surface area contributed by atoms with Gasteiger partial charge >= 0.3 is 0 Å². The van der Waals surface area contributed by atoms with E-state index in [9.17, 15) is 18.0 Å². The maximum absolute atomic E-state index is 12.4. The first kappa shape index (κ1) is 22.6. The largest absolute Gasteiger partial charge is 0.351 e. The summed E-state index contributed by atoms with van der Waals surface area (Å²) < 4.78 is 27.3. The third-order valence-corrected chi connectivity index (χ3v) is 5.88. The van der Waals surface area contributed by atoms with Crippen molar-refractivity contribution in [2.75, 3.05) is 18.4 Å². The van der Waals surface area contributed by atoms with E-state index in [2.05, 4.69) is 15.4 Å². The van der Waals surface area contributed by atoms with Crippen molar-refractivity contribution in [3.05, 3.63) is 59.2 Å². The van der Waals surface area contributed by atoms with Crippen molar-refractivity contribution in [2.45, 2.75) is 32.6 Å². The van der Waals surface area contributed by atoms with Crippen molar-refractivity contribution in [1.29, 1.82) is 0 Å². The van der Waals surface area contributed by atoms with Crippen molar-refractivity contribution in [3.8, 4) is 0 Å². The maximum Gasteiger partial charge on any atom is 0.251 e. The summed E-state index contributed by atoms with van der Waals surface area (Å²) in [5.74, 6) is -0.554. The molecular weight excluding hydrogens is 390 g/mol. The van der Waals surface area contributed by atoms with E-state index in [-0.39, 0.29) is 35.7 Å². The smallest absolute Gasteiger partial charge is 0.251 e. The highest BCUT2D eigenvalue weighted by Gasteiger charge is 2.16. The fraction of sp³-hybridized carbons (Fsp3) is 0.333. The summed E-state index contributed by atoms with van der Waals surface area (Å²) >= 11 is 0. The molecule has 0 fully saturated rings. The molecule has 2 rings (SSSR count). The molecule has 0 bridgehead atoms. The Bertz CT molecular complexity index is 983. The lowest BCUT2D eigenvalue weighted by atomic mass is 10.1. The lowest BCUT2D eigenvalue weighted by Gasteiger charge is -2.11. The number of nitrogens with one attached hydrogen (secondary N) is 3. The molecule has 0 aliphatic rings. The molecule has 0 unspecified atom stereocenters. The molecule has 156 valence electrons. The number of hydrogen-bond donors (Lipinski definition) is 3. The summed E-state index contributed by atoms with van der Waals surface area (Å²) in [6.07, 6.45) is 0. The summed E-state index contributed by atoms with van der Waals surface area (Å²) in [6.45, 7) is 7.46. The van der Waals surface area contributed by atoms with Gasteiger partial charge < -0.3 is 10.6 Å². The molecule has 2 aromatic rings. The Hall–Kier alpha value is -2.71. The van der Waals surface area contributed by atoms with Crippen LogP contribution in [0.3, 0.4) is 0 Å². The molecular formula is C21H27N3O4S. The highest BCUT2D eigenvalue weighted by Crippen LogP contribution is 2.16. The molecule has 0 radical (unpaired) electrons. The highest BCUT2D eigenvalue weighted by atomic mass is 32.2. The highest BCUT2D eigenvalue weighted by molar-refractivity contribution is 7.89. The van der Waals surface area contributed by atoms with Crippen LogP contribution in [0.5, 0.6) is 0 Å². The number of anilines is 1. The van der Waals surface area contributed by atoms with E-state index in [1.807, 2.05) is 13.0 Å². The molecule has 0 aliphatic carbocycles. The van der Waals surface area contributed by atoms with E-state index in [1.54, 1.807) is 57.2 Å². The molecule has 0 atom stereocenters. The van der Waals surface area contributed by atoms with Crippen LogP contribution in [0.1, 0.15) is 35.3 Å². The van der Waals surface area contributed by atoms with Crippen LogP contribution >= 0.6 is 0 Å². The zero-order valence-electron chi connectivity index (χ0n) is 17.1. The Morgan fingerprint density at radius 1 is 0.966 bits per heavy atom. The molecule has 2 aromatic carbocycles. The van der Waals surface area contributed by atoms with Crippen LogP contribution in [0, 0.1) is 19.8 Å². The predicted octanol–water partition coefficient (Wildman–Crippen LogP) is 2.61. The van der Waals surface area contributed by atoms with Crippen LogP contribution in [0.15, 0.2) is 47.4 Å². The summed E-state index contributed by atoms with van der Waals surface area (Å²) in [5.41, 5.74) is 2.70. The number of rotatable bonds is 8. The van der Waals surface area contributed by atoms with Gasteiger partial charge in [-0.1, -0.05) is 31.5 Å². The van der Waals surface area contributed by atoms with E-state index >= 15 is 0 Å². The zero-order chi connectivity index (χ0) is 21.6. The van der Waals surface area contributed by atoms with E-state index in [0.717, 1.165) is 5.56 Å². The van der Waals surface area contributed by atoms with Gasteiger partial charge in [0.15, 0.2) is 0 Å². The third-order valence-electron chi connectivity index (χ3n) is 4.26. The van der Waals surface area contributed by atoms with Gasteiger partial charge in [-0.25, -0.2) is 13.1 Å². The molecule has 3 N–H and O–H groups in total. The summed E-state index contributed by atoms with van der Waals surface area (Å²) in [4.78, 5) is 24.1. The van der Waals surface area contributed by atoms with Gasteiger partial charge in [0.2, 0.25) is 15.9 Å². The van der Waals surface area contributed by atoms with Gasteiger partial charge in [-0.2, -0.15) is 0 Å². The Morgan fingerprint density at radius 3 is 2.21 bits per heavy atom. The van der Waals surface area contributed by atoms with Crippen molar-refractivity contribution in [2.24, 2.45) is 5.92 Å². The van der Waals surface area contributed by atoms with Crippen LogP contribution in [-0.4, -0.2) is 33.3 Å². The molecule has 0 heterocycles. The minimum Gasteiger partial charge on any atom is -0.351 e. The third kappa shape index (κ3) is 6.40. The molecule has 0 saturated carbocycles. The topological polar surface area (TPSA) is 104 Å². The Balaban J connectivity index is 1.85. The molecule has 8 heteroatoms. The second-order valence-electron chi connectivity index (χ2n) is 7.14. The van der Waals surface area contributed by atoms with Gasteiger partial charge in [0, 0.05) is 30.3 Å². The van der Waals surface area contributed by atoms with E-state index in [0.29, 0.717) is 16.8 Å². The van der Waals surface area contributed by atoms with Crippen molar-refractivity contribution in [3.63, 3.8) is 0 Å². The molecule has 2 amide bonds. The van der Waals surface area contributed by atoms with Gasteiger partial charge in [0.1, 0.15) is 0 Å². The Labute approximate surface area is 172 Å². The van der Waals surface area contributed by atoms with Gasteiger partial charge in [0.25, 0.3) is 5.91 Å². The zero-order valence-corrected chi connectivity index (χ0v) is 17.9. The van der Waals surface area contributed by atoms with Crippen LogP contribution in [0.2, 0.25) is 0 Å². The number of aryl methyl sites for hydroxylation is 2. The summed E-state index contributed by atoms with van der Waals surface area (Å²) in [7, 11) is -3.64. The molecule has 0 aromatic heterocycles. The minimum atomic E-state index is -3.64. The normalized spacial score (nSPS) is 11.3. The van der Waals surface area contributed by atoms with Gasteiger partial charge in [0.05, 0.1) is 4.90 Å². The number of sulfonamides is 1. The second-order valence-corrected chi connectivity index (χ2v) is 8.88. The predicted molar refractivity (Wildman–Crippen MR) is 113 cm³/mol. The number of carbonyl (C=O) groups excluding carboxylic acids is 2. The Kier molecular flexibility index (Phi) is 7.53. The van der Waals surface area contributed by atoms with Crippen molar-refractivity contribution in [1.82, 2.24) is 10.0 Å². The number of carbonyl (C=O) groups is 2. The lowest BCUT2D eigenvalue weighted by Crippen LogP contribution is -2.35. The monoisotopic (exact) mass is 417 g/mol. The van der Waals surface area contributed by atoms with E-state index < -0.39 is 10.0 Å². The fourth-order valence-electron chi connectivity index (χ4n) is 2.63. The number of amides is 2. The fourth-order valence-corrected chi connectivity index (χ4v) is 3.89. The van der Waals surface area contributed by atoms with Crippen LogP contribution in [-0.2, 0) is 14.8 Å². The maximum atomic E-state index is 12.4. The SMILES string of the molecule is Cc1ccc(S(=O)(=O)NCCNC(=O)c2ccc(NC(=O)C(C)C)cc2)c(C)c1. The van der Waals surface area contributed by atoms with E-state index in [4.69, 9.17) is 0 Å². The number of benzene rings is 2. The first-order chi connectivity index (χ1) is 13.6. The van der Waals surface area contributed by atoms with Gasteiger partial charge in [-0.15, -0.1) is 0 Å². The number of hydrogen-bond acceptors (Lipinski definition) is 4. The van der Waals surface area contributed by atoms with Gasteiger partial charge in [-0.3, -0.25) is 9.59 Å². The molecule has 0 saturated heterocycles. The van der Waals surface area contributed by atoms with Crippen LogP contribution < -0.4 is 15.4 Å². The van der Waals surface area contributed by atoms with Crippen molar-refractivity contribution < 1.29 is 18.0 Å². The average Bonchev–Trinajstić information content (AvgIpc) is 2.65. The quantitative estimate of drug-likeness (QED) is 0.574. The first-order valence-electron chi connectivity index (χ1n) is 9.36. The van der Waals surface area contributed by atoms with E-state index in [1.165, 1.54) is 0 Å². The first-order valence-corrected chi connectivity index (χ1v) is 10.8. The standard InChI is InChI=1S/C21H27N3O4S/c1-14(2)20(25)24-18-8-6-17(7-9-18)21(26)22-11-12-23-29(27,28)19-10-5-15(3)13-16(19)4/h5-10,13-14,23H,11-12H2,1-4H3,(H,22,26)(H,24,25). The Morgan fingerprint density at radius 2 is 1.62 bits per heavy atom.